The van der Waals surface area contributed by atoms with Gasteiger partial charge in [-0.15, -0.1) is 5.10 Å². The summed E-state index contributed by atoms with van der Waals surface area (Å²) in [6.45, 7) is 8.15. The van der Waals surface area contributed by atoms with Gasteiger partial charge in [-0.05, 0) is 25.5 Å². The lowest BCUT2D eigenvalue weighted by atomic mass is 10.1. The molecule has 1 aromatic heterocycles. The maximum atomic E-state index is 6.04. The highest BCUT2D eigenvalue weighted by Gasteiger charge is 2.26. The molecule has 1 atom stereocenters. The Morgan fingerprint density at radius 1 is 1.25 bits per heavy atom. The van der Waals surface area contributed by atoms with Gasteiger partial charge in [-0.3, -0.25) is 4.90 Å². The molecule has 0 radical (unpaired) electrons. The first kappa shape index (κ1) is 19.2. The summed E-state index contributed by atoms with van der Waals surface area (Å²) in [5.74, 6) is 2.19. The second-order valence-corrected chi connectivity index (χ2v) is 7.66. The lowest BCUT2D eigenvalue weighted by Gasteiger charge is -2.25. The Balaban J connectivity index is 1.51. The Morgan fingerprint density at radius 3 is 2.79 bits per heavy atom. The normalized spacial score (nSPS) is 20.3. The molecule has 0 spiro atoms. The number of nitrogens with one attached hydrogen (secondary N) is 1. The number of nitrogens with zero attached hydrogens (tertiary/aromatic N) is 3. The van der Waals surface area contributed by atoms with Crippen LogP contribution in [0.5, 0.6) is 5.88 Å². The van der Waals surface area contributed by atoms with Crippen molar-refractivity contribution in [1.29, 1.82) is 0 Å². The molecule has 0 bridgehead atoms. The number of methoxy groups -OCH3 is 1. The zero-order valence-corrected chi connectivity index (χ0v) is 16.8. The lowest BCUT2D eigenvalue weighted by molar-refractivity contribution is -0.0515. The second kappa shape index (κ2) is 8.94. The van der Waals surface area contributed by atoms with Crippen LogP contribution in [0.4, 0.5) is 5.82 Å². The van der Waals surface area contributed by atoms with Crippen molar-refractivity contribution in [2.24, 2.45) is 5.92 Å². The maximum absolute atomic E-state index is 6.04. The molecule has 2 aliphatic rings. The molecule has 0 amide bonds. The summed E-state index contributed by atoms with van der Waals surface area (Å²) in [7, 11) is 1.75. The van der Waals surface area contributed by atoms with E-state index < -0.39 is 0 Å². The average Bonchev–Trinajstić information content (AvgIpc) is 3.25. The van der Waals surface area contributed by atoms with Gasteiger partial charge in [-0.25, -0.2) is 4.68 Å². The highest BCUT2D eigenvalue weighted by atomic mass is 16.5. The van der Waals surface area contributed by atoms with Crippen molar-refractivity contribution in [3.63, 3.8) is 0 Å². The number of hydrogen-bond donors (Lipinski definition) is 1. The highest BCUT2D eigenvalue weighted by molar-refractivity contribution is 5.55. The van der Waals surface area contributed by atoms with E-state index in [1.165, 1.54) is 0 Å². The van der Waals surface area contributed by atoms with Gasteiger partial charge >= 0.3 is 0 Å². The number of rotatable bonds is 9. The molecule has 7 nitrogen and oxygen atoms in total. The Hall–Kier alpha value is -2.09. The van der Waals surface area contributed by atoms with Crippen molar-refractivity contribution in [2.75, 3.05) is 58.5 Å². The summed E-state index contributed by atoms with van der Waals surface area (Å²) >= 11 is 0. The lowest BCUT2D eigenvalue weighted by Crippen LogP contribution is -2.32. The molecule has 4 rings (SSSR count). The van der Waals surface area contributed by atoms with Crippen molar-refractivity contribution in [2.45, 2.75) is 19.4 Å². The van der Waals surface area contributed by atoms with E-state index in [4.69, 9.17) is 19.3 Å². The zero-order valence-electron chi connectivity index (χ0n) is 16.8. The van der Waals surface area contributed by atoms with Crippen molar-refractivity contribution in [1.82, 2.24) is 14.7 Å². The summed E-state index contributed by atoms with van der Waals surface area (Å²) in [6, 6.07) is 10.6. The smallest absolute Gasteiger partial charge is 0.238 e. The fourth-order valence-electron chi connectivity index (χ4n) is 3.68. The van der Waals surface area contributed by atoms with Crippen LogP contribution < -0.4 is 10.1 Å². The molecule has 1 aromatic carbocycles. The van der Waals surface area contributed by atoms with E-state index in [-0.39, 0.29) is 0 Å². The van der Waals surface area contributed by atoms with Crippen molar-refractivity contribution < 1.29 is 14.2 Å². The molecule has 0 saturated carbocycles. The SMILES string of the molecule is COCCN1CCC(Nc2c(C)c(OCC3COC3)nn2-c2ccccc2)C1. The Labute approximate surface area is 166 Å². The number of likely N-dealkylation sites (tertiary alicyclic amines) is 1. The molecular weight excluding hydrogens is 356 g/mol. The van der Waals surface area contributed by atoms with E-state index in [1.807, 2.05) is 22.9 Å². The Bertz CT molecular complexity index is 761. The van der Waals surface area contributed by atoms with Crippen molar-refractivity contribution >= 4 is 5.82 Å². The van der Waals surface area contributed by atoms with Gasteiger partial charge < -0.3 is 19.5 Å². The summed E-state index contributed by atoms with van der Waals surface area (Å²) in [5, 5.41) is 8.51. The quantitative estimate of drug-likeness (QED) is 0.714. The first-order chi connectivity index (χ1) is 13.7. The van der Waals surface area contributed by atoms with Crippen LogP contribution in [0.3, 0.4) is 0 Å². The third-order valence-corrected chi connectivity index (χ3v) is 5.47. The molecule has 1 unspecified atom stereocenters. The van der Waals surface area contributed by atoms with E-state index >= 15 is 0 Å². The summed E-state index contributed by atoms with van der Waals surface area (Å²) in [5.41, 5.74) is 2.09. The molecule has 2 saturated heterocycles. The molecule has 28 heavy (non-hydrogen) atoms. The van der Waals surface area contributed by atoms with Gasteiger partial charge in [0, 0.05) is 38.7 Å². The van der Waals surface area contributed by atoms with Crippen LogP contribution in [0, 0.1) is 12.8 Å². The number of para-hydroxylation sites is 1. The minimum absolute atomic E-state index is 0.391. The zero-order chi connectivity index (χ0) is 19.3. The molecule has 152 valence electrons. The topological polar surface area (TPSA) is 60.8 Å². The van der Waals surface area contributed by atoms with E-state index in [0.717, 1.165) is 62.9 Å². The first-order valence-corrected chi connectivity index (χ1v) is 10.1. The van der Waals surface area contributed by atoms with E-state index in [2.05, 4.69) is 29.3 Å². The van der Waals surface area contributed by atoms with E-state index in [0.29, 0.717) is 24.4 Å². The predicted octanol–water partition coefficient (Wildman–Crippen LogP) is 2.34. The summed E-state index contributed by atoms with van der Waals surface area (Å²) < 4.78 is 18.5. The molecule has 2 fully saturated rings. The first-order valence-electron chi connectivity index (χ1n) is 10.1. The largest absolute Gasteiger partial charge is 0.476 e. The number of hydrogen-bond acceptors (Lipinski definition) is 6. The van der Waals surface area contributed by atoms with Crippen LogP contribution in [-0.2, 0) is 9.47 Å². The summed E-state index contributed by atoms with van der Waals surface area (Å²) in [6.07, 6.45) is 1.11. The monoisotopic (exact) mass is 386 g/mol. The maximum Gasteiger partial charge on any atom is 0.238 e. The van der Waals surface area contributed by atoms with Crippen LogP contribution in [0.2, 0.25) is 0 Å². The number of aromatic nitrogens is 2. The molecule has 1 N–H and O–H groups in total. The third-order valence-electron chi connectivity index (χ3n) is 5.47. The van der Waals surface area contributed by atoms with Crippen molar-refractivity contribution in [3.05, 3.63) is 35.9 Å². The number of anilines is 1. The fourth-order valence-corrected chi connectivity index (χ4v) is 3.68. The Kier molecular flexibility index (Phi) is 6.14. The van der Waals surface area contributed by atoms with Gasteiger partial charge in [0.2, 0.25) is 5.88 Å². The van der Waals surface area contributed by atoms with Crippen molar-refractivity contribution in [3.8, 4) is 11.6 Å². The van der Waals surface area contributed by atoms with Gasteiger partial charge in [0.05, 0.1) is 37.7 Å². The van der Waals surface area contributed by atoms with Gasteiger partial charge in [-0.1, -0.05) is 18.2 Å². The average molecular weight is 386 g/mol. The van der Waals surface area contributed by atoms with Gasteiger partial charge in [0.15, 0.2) is 0 Å². The molecule has 0 aliphatic carbocycles. The van der Waals surface area contributed by atoms with E-state index in [9.17, 15) is 0 Å². The molecule has 7 heteroatoms. The molecule has 3 heterocycles. The molecule has 2 aliphatic heterocycles. The van der Waals surface area contributed by atoms with Crippen LogP contribution in [0.25, 0.3) is 5.69 Å². The standard InChI is InChI=1S/C21H30N4O3/c1-16-20(22-18-8-9-24(12-18)10-11-26-2)25(19-6-4-3-5-7-19)23-21(16)28-15-17-13-27-14-17/h3-7,17-18,22H,8-15H2,1-2H3. The highest BCUT2D eigenvalue weighted by Crippen LogP contribution is 2.30. The minimum atomic E-state index is 0.391. The summed E-state index contributed by atoms with van der Waals surface area (Å²) in [4.78, 5) is 2.44. The minimum Gasteiger partial charge on any atom is -0.476 e. The van der Waals surface area contributed by atoms with Crippen LogP contribution in [-0.4, -0.2) is 73.9 Å². The van der Waals surface area contributed by atoms with Gasteiger partial charge in [0.25, 0.3) is 0 Å². The van der Waals surface area contributed by atoms with Gasteiger partial charge in [-0.2, -0.15) is 0 Å². The predicted molar refractivity (Wildman–Crippen MR) is 108 cm³/mol. The van der Waals surface area contributed by atoms with Crippen LogP contribution in [0.15, 0.2) is 30.3 Å². The van der Waals surface area contributed by atoms with E-state index in [1.54, 1.807) is 7.11 Å². The number of benzene rings is 1. The fraction of sp³-hybridized carbons (Fsp3) is 0.571. The van der Waals surface area contributed by atoms with Crippen LogP contribution in [0.1, 0.15) is 12.0 Å². The molecular formula is C21H30N4O3. The molecule has 2 aromatic rings. The third kappa shape index (κ3) is 4.32. The second-order valence-electron chi connectivity index (χ2n) is 7.66. The van der Waals surface area contributed by atoms with Gasteiger partial charge in [0.1, 0.15) is 5.82 Å². The number of ether oxygens (including phenoxy) is 3. The van der Waals surface area contributed by atoms with Crippen LogP contribution >= 0.6 is 0 Å². The Morgan fingerprint density at radius 2 is 2.07 bits per heavy atom.